The summed E-state index contributed by atoms with van der Waals surface area (Å²) in [4.78, 5) is 14.7. The van der Waals surface area contributed by atoms with E-state index in [2.05, 4.69) is 11.4 Å². The number of amides is 1. The fourth-order valence-corrected chi connectivity index (χ4v) is 2.90. The minimum Gasteiger partial charge on any atom is -0.493 e. The number of ether oxygens (including phenoxy) is 2. The van der Waals surface area contributed by atoms with Crippen molar-refractivity contribution >= 4 is 11.6 Å². The maximum absolute atomic E-state index is 12.6. The predicted octanol–water partition coefficient (Wildman–Crippen LogP) is 4.17. The van der Waals surface area contributed by atoms with Gasteiger partial charge in [-0.3, -0.25) is 9.69 Å². The van der Waals surface area contributed by atoms with Crippen LogP contribution in [0.1, 0.15) is 30.5 Å². The molecule has 0 aliphatic rings. The van der Waals surface area contributed by atoms with Gasteiger partial charge in [-0.25, -0.2) is 0 Å². The molecule has 0 saturated carbocycles. The number of methoxy groups -OCH3 is 1. The number of rotatable bonds is 8. The van der Waals surface area contributed by atoms with Crippen LogP contribution in [-0.2, 0) is 11.3 Å². The average molecular weight is 370 g/mol. The van der Waals surface area contributed by atoms with E-state index in [0.29, 0.717) is 18.9 Å². The third-order valence-corrected chi connectivity index (χ3v) is 4.64. The first-order valence-corrected chi connectivity index (χ1v) is 9.23. The smallest absolute Gasteiger partial charge is 0.241 e. The van der Waals surface area contributed by atoms with Gasteiger partial charge in [0.25, 0.3) is 0 Å². The van der Waals surface area contributed by atoms with Crippen LogP contribution in [0.3, 0.4) is 0 Å². The lowest BCUT2D eigenvalue weighted by molar-refractivity contribution is -0.120. The second-order valence-corrected chi connectivity index (χ2v) is 6.82. The average Bonchev–Trinajstić information content (AvgIpc) is 2.64. The highest BCUT2D eigenvalue weighted by molar-refractivity contribution is 5.95. The summed E-state index contributed by atoms with van der Waals surface area (Å²) in [6.07, 6.45) is 0. The normalized spacial score (nSPS) is 12.0. The lowest BCUT2D eigenvalue weighted by Crippen LogP contribution is -2.39. The molecule has 27 heavy (non-hydrogen) atoms. The number of carbonyl (C=O) groups is 1. The van der Waals surface area contributed by atoms with Crippen molar-refractivity contribution in [2.45, 2.75) is 40.3 Å². The van der Waals surface area contributed by atoms with E-state index < -0.39 is 0 Å². The van der Waals surface area contributed by atoms with Crippen LogP contribution in [0, 0.1) is 13.8 Å². The molecule has 0 aromatic heterocycles. The summed E-state index contributed by atoms with van der Waals surface area (Å²) in [5.41, 5.74) is 4.16. The first-order chi connectivity index (χ1) is 12.8. The molecule has 0 spiro atoms. The number of hydrogen-bond donors (Lipinski definition) is 1. The molecule has 5 heteroatoms. The van der Waals surface area contributed by atoms with Crippen LogP contribution >= 0.6 is 0 Å². The van der Waals surface area contributed by atoms with E-state index in [1.807, 2.05) is 70.0 Å². The van der Waals surface area contributed by atoms with Gasteiger partial charge in [-0.05, 0) is 64.1 Å². The molecule has 2 aromatic rings. The van der Waals surface area contributed by atoms with E-state index in [1.54, 1.807) is 7.11 Å². The minimum absolute atomic E-state index is 0.0256. The molecule has 0 fully saturated rings. The van der Waals surface area contributed by atoms with Crippen molar-refractivity contribution in [2.75, 3.05) is 26.1 Å². The van der Waals surface area contributed by atoms with Crippen molar-refractivity contribution < 1.29 is 14.3 Å². The summed E-state index contributed by atoms with van der Waals surface area (Å²) in [5, 5.41) is 3.03. The molecule has 0 aliphatic heterocycles. The van der Waals surface area contributed by atoms with Gasteiger partial charge in [0.2, 0.25) is 5.91 Å². The SMILES string of the molecule is CCOc1ccc(CN(C)[C@@H](C)C(=O)Nc2ccc(C)cc2C)cc1OC. The first-order valence-electron chi connectivity index (χ1n) is 9.23. The van der Waals surface area contributed by atoms with Crippen molar-refractivity contribution in [3.05, 3.63) is 53.1 Å². The topological polar surface area (TPSA) is 50.8 Å². The van der Waals surface area contributed by atoms with Crippen molar-refractivity contribution in [2.24, 2.45) is 0 Å². The van der Waals surface area contributed by atoms with Crippen LogP contribution < -0.4 is 14.8 Å². The summed E-state index contributed by atoms with van der Waals surface area (Å²) in [7, 11) is 3.57. The van der Waals surface area contributed by atoms with E-state index in [4.69, 9.17) is 9.47 Å². The molecule has 1 N–H and O–H groups in total. The molecule has 0 bridgehead atoms. The summed E-state index contributed by atoms with van der Waals surface area (Å²) in [6.45, 7) is 9.11. The Kier molecular flexibility index (Phi) is 7.25. The highest BCUT2D eigenvalue weighted by atomic mass is 16.5. The molecule has 0 aliphatic carbocycles. The monoisotopic (exact) mass is 370 g/mol. The summed E-state index contributed by atoms with van der Waals surface area (Å²) < 4.78 is 11.0. The Bertz CT molecular complexity index is 789. The van der Waals surface area contributed by atoms with Gasteiger partial charge in [-0.15, -0.1) is 0 Å². The van der Waals surface area contributed by atoms with E-state index in [9.17, 15) is 4.79 Å². The van der Waals surface area contributed by atoms with Crippen LogP contribution in [0.5, 0.6) is 11.5 Å². The molecule has 2 rings (SSSR count). The number of nitrogens with zero attached hydrogens (tertiary/aromatic N) is 1. The molecular formula is C22H30N2O3. The van der Waals surface area contributed by atoms with Crippen molar-refractivity contribution in [1.29, 1.82) is 0 Å². The first kappa shape index (κ1) is 20.8. The molecule has 2 aromatic carbocycles. The Morgan fingerprint density at radius 2 is 1.89 bits per heavy atom. The Labute approximate surface area is 162 Å². The lowest BCUT2D eigenvalue weighted by Gasteiger charge is -2.24. The summed E-state index contributed by atoms with van der Waals surface area (Å²) in [6, 6.07) is 11.6. The van der Waals surface area contributed by atoms with Gasteiger partial charge in [0.05, 0.1) is 19.8 Å². The molecule has 0 saturated heterocycles. The fraction of sp³-hybridized carbons (Fsp3) is 0.409. The highest BCUT2D eigenvalue weighted by Gasteiger charge is 2.19. The van der Waals surface area contributed by atoms with Gasteiger partial charge >= 0.3 is 0 Å². The number of hydrogen-bond acceptors (Lipinski definition) is 4. The Morgan fingerprint density at radius 1 is 1.15 bits per heavy atom. The van der Waals surface area contributed by atoms with Crippen LogP contribution in [-0.4, -0.2) is 37.6 Å². The molecular weight excluding hydrogens is 340 g/mol. The number of likely N-dealkylation sites (N-methyl/N-ethyl adjacent to an activating group) is 1. The number of aryl methyl sites for hydroxylation is 2. The molecule has 0 heterocycles. The van der Waals surface area contributed by atoms with Gasteiger partial charge in [-0.1, -0.05) is 23.8 Å². The molecule has 0 radical (unpaired) electrons. The quantitative estimate of drug-likeness (QED) is 0.758. The Balaban J connectivity index is 2.04. The van der Waals surface area contributed by atoms with Gasteiger partial charge in [0.15, 0.2) is 11.5 Å². The van der Waals surface area contributed by atoms with E-state index in [1.165, 1.54) is 5.56 Å². The summed E-state index contributed by atoms with van der Waals surface area (Å²) >= 11 is 0. The summed E-state index contributed by atoms with van der Waals surface area (Å²) in [5.74, 6) is 1.41. The van der Waals surface area contributed by atoms with E-state index in [-0.39, 0.29) is 11.9 Å². The van der Waals surface area contributed by atoms with Crippen molar-refractivity contribution in [3.8, 4) is 11.5 Å². The fourth-order valence-electron chi connectivity index (χ4n) is 2.90. The zero-order valence-corrected chi connectivity index (χ0v) is 17.1. The minimum atomic E-state index is -0.275. The van der Waals surface area contributed by atoms with Crippen molar-refractivity contribution in [1.82, 2.24) is 4.90 Å². The highest BCUT2D eigenvalue weighted by Crippen LogP contribution is 2.28. The maximum atomic E-state index is 12.6. The van der Waals surface area contributed by atoms with Crippen LogP contribution in [0.25, 0.3) is 0 Å². The van der Waals surface area contributed by atoms with Gasteiger partial charge in [-0.2, -0.15) is 0 Å². The number of nitrogens with one attached hydrogen (secondary N) is 1. The molecule has 146 valence electrons. The van der Waals surface area contributed by atoms with Crippen LogP contribution in [0.2, 0.25) is 0 Å². The number of carbonyl (C=O) groups excluding carboxylic acids is 1. The van der Waals surface area contributed by atoms with E-state index >= 15 is 0 Å². The largest absolute Gasteiger partial charge is 0.493 e. The zero-order valence-electron chi connectivity index (χ0n) is 17.1. The van der Waals surface area contributed by atoms with Crippen LogP contribution in [0.15, 0.2) is 36.4 Å². The Morgan fingerprint density at radius 3 is 2.52 bits per heavy atom. The molecule has 5 nitrogen and oxygen atoms in total. The lowest BCUT2D eigenvalue weighted by atomic mass is 10.1. The molecule has 0 unspecified atom stereocenters. The number of benzene rings is 2. The third-order valence-electron chi connectivity index (χ3n) is 4.64. The van der Waals surface area contributed by atoms with Crippen molar-refractivity contribution in [3.63, 3.8) is 0 Å². The van der Waals surface area contributed by atoms with E-state index in [0.717, 1.165) is 22.6 Å². The second-order valence-electron chi connectivity index (χ2n) is 6.82. The zero-order chi connectivity index (χ0) is 20.0. The Hall–Kier alpha value is -2.53. The maximum Gasteiger partial charge on any atom is 0.241 e. The number of anilines is 1. The molecule has 1 amide bonds. The van der Waals surface area contributed by atoms with Gasteiger partial charge < -0.3 is 14.8 Å². The van der Waals surface area contributed by atoms with Gasteiger partial charge in [0.1, 0.15) is 0 Å². The van der Waals surface area contributed by atoms with Crippen LogP contribution in [0.4, 0.5) is 5.69 Å². The molecule has 1 atom stereocenters. The standard InChI is InChI=1S/C22H30N2O3/c1-7-27-20-11-9-18(13-21(20)26-6)14-24(5)17(4)22(25)23-19-10-8-15(2)12-16(19)3/h8-13,17H,7,14H2,1-6H3,(H,23,25)/t17-/m0/s1. The third kappa shape index (κ3) is 5.47. The predicted molar refractivity (Wildman–Crippen MR) is 110 cm³/mol. The van der Waals surface area contributed by atoms with Gasteiger partial charge in [0, 0.05) is 12.2 Å². The second kappa shape index (κ2) is 9.42.